The molecule has 6 heteroatoms. The molecule has 0 fully saturated rings. The van der Waals surface area contributed by atoms with Crippen molar-refractivity contribution in [2.24, 2.45) is 0 Å². The van der Waals surface area contributed by atoms with Gasteiger partial charge in [-0.25, -0.2) is 12.7 Å². The van der Waals surface area contributed by atoms with Gasteiger partial charge in [0.15, 0.2) is 0 Å². The lowest BCUT2D eigenvalue weighted by Gasteiger charge is -2.19. The molecule has 0 saturated carbocycles. The van der Waals surface area contributed by atoms with E-state index in [1.165, 1.54) is 31.3 Å². The molecule has 3 aromatic rings. The van der Waals surface area contributed by atoms with Crippen molar-refractivity contribution in [1.29, 1.82) is 0 Å². The molecule has 0 aliphatic rings. The summed E-state index contributed by atoms with van der Waals surface area (Å²) in [7, 11) is -0.582. The lowest BCUT2D eigenvalue weighted by Crippen LogP contribution is -2.23. The number of sulfonamides is 1. The maximum atomic E-state index is 12.2. The molecule has 2 aromatic carbocycles. The highest BCUT2D eigenvalue weighted by atomic mass is 32.2. The number of nitrogens with one attached hydrogen (secondary N) is 1. The standard InChI is InChI=1S/C21H24N2O3S/c1-23(2)27(24,25)21-14-13-19(26-21)16-22-20(18-11-7-4-8-12-18)15-17-9-5-3-6-10-17/h3-14,20,22H,15-16H2,1-2H3. The van der Waals surface area contributed by atoms with Crippen LogP contribution in [-0.4, -0.2) is 26.8 Å². The van der Waals surface area contributed by atoms with Crippen LogP contribution in [0.3, 0.4) is 0 Å². The van der Waals surface area contributed by atoms with E-state index in [4.69, 9.17) is 4.42 Å². The molecule has 5 nitrogen and oxygen atoms in total. The number of rotatable bonds is 8. The molecule has 1 heterocycles. The van der Waals surface area contributed by atoms with E-state index in [9.17, 15) is 8.42 Å². The van der Waals surface area contributed by atoms with Crippen molar-refractivity contribution in [3.63, 3.8) is 0 Å². The van der Waals surface area contributed by atoms with Crippen molar-refractivity contribution in [3.05, 3.63) is 89.7 Å². The van der Waals surface area contributed by atoms with Crippen LogP contribution in [-0.2, 0) is 23.0 Å². The summed E-state index contributed by atoms with van der Waals surface area (Å²) in [6.07, 6.45) is 0.828. The summed E-state index contributed by atoms with van der Waals surface area (Å²) in [5.74, 6) is 0.587. The highest BCUT2D eigenvalue weighted by Crippen LogP contribution is 2.21. The topological polar surface area (TPSA) is 62.6 Å². The Bertz CT molecular complexity index is 951. The van der Waals surface area contributed by atoms with Gasteiger partial charge in [0.25, 0.3) is 10.0 Å². The highest BCUT2D eigenvalue weighted by molar-refractivity contribution is 7.88. The number of nitrogens with zero attached hydrogens (tertiary/aromatic N) is 1. The van der Waals surface area contributed by atoms with Crippen LogP contribution in [0.5, 0.6) is 0 Å². The van der Waals surface area contributed by atoms with Gasteiger partial charge in [0, 0.05) is 20.1 Å². The van der Waals surface area contributed by atoms with E-state index in [2.05, 4.69) is 29.6 Å². The molecule has 1 atom stereocenters. The van der Waals surface area contributed by atoms with E-state index in [0.29, 0.717) is 12.3 Å². The SMILES string of the molecule is CN(C)S(=O)(=O)c1ccc(CNC(Cc2ccccc2)c2ccccc2)o1. The Kier molecular flexibility index (Phi) is 6.11. The third-order valence-corrected chi connectivity index (χ3v) is 6.07. The lowest BCUT2D eigenvalue weighted by molar-refractivity contribution is 0.378. The minimum atomic E-state index is -3.56. The van der Waals surface area contributed by atoms with Gasteiger partial charge >= 0.3 is 0 Å². The fraction of sp³-hybridized carbons (Fsp3) is 0.238. The molecule has 0 spiro atoms. The Morgan fingerprint density at radius 1 is 0.926 bits per heavy atom. The third-order valence-electron chi connectivity index (χ3n) is 4.38. The Balaban J connectivity index is 1.75. The van der Waals surface area contributed by atoms with Crippen molar-refractivity contribution >= 4 is 10.0 Å². The average Bonchev–Trinajstić information content (AvgIpc) is 3.16. The fourth-order valence-corrected chi connectivity index (χ4v) is 3.65. The van der Waals surface area contributed by atoms with Crippen LogP contribution >= 0.6 is 0 Å². The molecule has 0 saturated heterocycles. The van der Waals surface area contributed by atoms with Crippen molar-refractivity contribution in [2.75, 3.05) is 14.1 Å². The van der Waals surface area contributed by atoms with Gasteiger partial charge in [-0.3, -0.25) is 0 Å². The van der Waals surface area contributed by atoms with E-state index < -0.39 is 10.0 Å². The maximum Gasteiger partial charge on any atom is 0.275 e. The second-order valence-electron chi connectivity index (χ2n) is 6.54. The first kappa shape index (κ1) is 19.4. The van der Waals surface area contributed by atoms with Crippen LogP contribution in [0, 0.1) is 0 Å². The summed E-state index contributed by atoms with van der Waals surface area (Å²) in [6, 6.07) is 23.8. The van der Waals surface area contributed by atoms with Gasteiger partial charge in [-0.2, -0.15) is 0 Å². The van der Waals surface area contributed by atoms with Crippen molar-refractivity contribution in [3.8, 4) is 0 Å². The zero-order valence-electron chi connectivity index (χ0n) is 15.5. The maximum absolute atomic E-state index is 12.2. The monoisotopic (exact) mass is 384 g/mol. The zero-order chi connectivity index (χ0) is 19.3. The van der Waals surface area contributed by atoms with Crippen molar-refractivity contribution in [2.45, 2.75) is 24.1 Å². The number of furan rings is 1. The van der Waals surface area contributed by atoms with Crippen LogP contribution in [0.2, 0.25) is 0 Å². The number of hydrogen-bond acceptors (Lipinski definition) is 4. The van der Waals surface area contributed by atoms with E-state index >= 15 is 0 Å². The molecule has 0 aliphatic heterocycles. The van der Waals surface area contributed by atoms with Crippen molar-refractivity contribution in [1.82, 2.24) is 9.62 Å². The number of benzene rings is 2. The van der Waals surface area contributed by atoms with Gasteiger partial charge in [0.2, 0.25) is 5.09 Å². The van der Waals surface area contributed by atoms with Crippen molar-refractivity contribution < 1.29 is 12.8 Å². The fourth-order valence-electron chi connectivity index (χ4n) is 2.84. The van der Waals surface area contributed by atoms with Crippen LogP contribution in [0.1, 0.15) is 22.9 Å². The first-order chi connectivity index (χ1) is 13.0. The molecular weight excluding hydrogens is 360 g/mol. The molecule has 1 aromatic heterocycles. The Hall–Kier alpha value is -2.41. The average molecular weight is 385 g/mol. The summed E-state index contributed by atoms with van der Waals surface area (Å²) >= 11 is 0. The number of hydrogen-bond donors (Lipinski definition) is 1. The van der Waals surface area contributed by atoms with Gasteiger partial charge in [-0.15, -0.1) is 0 Å². The van der Waals surface area contributed by atoms with Gasteiger partial charge in [-0.05, 0) is 29.7 Å². The molecule has 3 rings (SSSR count). The van der Waals surface area contributed by atoms with Gasteiger partial charge in [0.05, 0.1) is 6.54 Å². The lowest BCUT2D eigenvalue weighted by atomic mass is 9.99. The van der Waals surface area contributed by atoms with Crippen LogP contribution in [0.4, 0.5) is 0 Å². The van der Waals surface area contributed by atoms with Crippen LogP contribution in [0.25, 0.3) is 0 Å². The Labute approximate surface area is 160 Å². The normalized spacial score (nSPS) is 13.0. The molecule has 142 valence electrons. The van der Waals surface area contributed by atoms with Crippen LogP contribution < -0.4 is 5.32 Å². The Morgan fingerprint density at radius 2 is 1.56 bits per heavy atom. The minimum Gasteiger partial charge on any atom is -0.447 e. The first-order valence-electron chi connectivity index (χ1n) is 8.80. The summed E-state index contributed by atoms with van der Waals surface area (Å²) in [5, 5.41) is 3.45. The molecule has 0 amide bonds. The predicted molar refractivity (Wildman–Crippen MR) is 106 cm³/mol. The minimum absolute atomic E-state index is 0.0383. The van der Waals surface area contributed by atoms with Crippen LogP contribution in [0.15, 0.2) is 82.3 Å². The van der Waals surface area contributed by atoms with E-state index in [0.717, 1.165) is 10.7 Å². The van der Waals surface area contributed by atoms with Gasteiger partial charge < -0.3 is 9.73 Å². The second-order valence-corrected chi connectivity index (χ2v) is 8.62. The first-order valence-corrected chi connectivity index (χ1v) is 10.2. The van der Waals surface area contributed by atoms with Gasteiger partial charge in [-0.1, -0.05) is 60.7 Å². The quantitative estimate of drug-likeness (QED) is 0.645. The molecule has 0 radical (unpaired) electrons. The second kappa shape index (κ2) is 8.52. The highest BCUT2D eigenvalue weighted by Gasteiger charge is 2.21. The summed E-state index contributed by atoms with van der Waals surface area (Å²) in [6.45, 7) is 0.440. The molecule has 27 heavy (non-hydrogen) atoms. The van der Waals surface area contributed by atoms with Gasteiger partial charge in [0.1, 0.15) is 5.76 Å². The largest absolute Gasteiger partial charge is 0.447 e. The molecule has 1 N–H and O–H groups in total. The predicted octanol–water partition coefficient (Wildman–Crippen LogP) is 3.60. The van der Waals surface area contributed by atoms with E-state index in [1.807, 2.05) is 36.4 Å². The zero-order valence-corrected chi connectivity index (χ0v) is 16.3. The molecule has 1 unspecified atom stereocenters. The Morgan fingerprint density at radius 3 is 2.19 bits per heavy atom. The molecule has 0 bridgehead atoms. The summed E-state index contributed by atoms with van der Waals surface area (Å²) < 4.78 is 31.0. The smallest absolute Gasteiger partial charge is 0.275 e. The third kappa shape index (κ3) is 4.86. The van der Waals surface area contributed by atoms with E-state index in [1.54, 1.807) is 6.07 Å². The van der Waals surface area contributed by atoms with E-state index in [-0.39, 0.29) is 11.1 Å². The summed E-state index contributed by atoms with van der Waals surface area (Å²) in [4.78, 5) is 0. The molecule has 0 aliphatic carbocycles. The summed E-state index contributed by atoms with van der Waals surface area (Å²) in [5.41, 5.74) is 2.41. The molecular formula is C21H24N2O3S.